The first-order chi connectivity index (χ1) is 10.7. The Balaban J connectivity index is 1.50. The fourth-order valence-corrected chi connectivity index (χ4v) is 2.66. The Morgan fingerprint density at radius 3 is 2.55 bits per heavy atom. The number of nitrogens with one attached hydrogen (secondary N) is 2. The molecule has 0 radical (unpaired) electrons. The number of hydrogen-bond acceptors (Lipinski definition) is 5. The zero-order chi connectivity index (χ0) is 15.4. The lowest BCUT2D eigenvalue weighted by molar-refractivity contribution is -0.133. The molecule has 2 saturated heterocycles. The van der Waals surface area contributed by atoms with Gasteiger partial charge in [-0.05, 0) is 30.5 Å². The number of hydrogen-bond donors (Lipinski definition) is 2. The number of imide groups is 1. The van der Waals surface area contributed by atoms with Gasteiger partial charge in [-0.1, -0.05) is 12.1 Å². The summed E-state index contributed by atoms with van der Waals surface area (Å²) in [6.07, 6.45) is 2.57. The number of anilines is 1. The van der Waals surface area contributed by atoms with E-state index in [-0.39, 0.29) is 24.1 Å². The molecule has 0 spiro atoms. The van der Waals surface area contributed by atoms with Crippen molar-refractivity contribution in [2.24, 2.45) is 0 Å². The largest absolute Gasteiger partial charge is 0.374 e. The molecule has 2 aliphatic heterocycles. The highest BCUT2D eigenvalue weighted by atomic mass is 16.7. The maximum atomic E-state index is 11.7. The molecule has 1 atom stereocenters. The topological polar surface area (TPSA) is 76.7 Å². The average Bonchev–Trinajstić information content (AvgIpc) is 3.03. The van der Waals surface area contributed by atoms with Crippen LogP contribution in [-0.2, 0) is 25.5 Å². The van der Waals surface area contributed by atoms with Crippen LogP contribution in [0.1, 0.15) is 24.8 Å². The molecule has 1 unspecified atom stereocenters. The Hall–Kier alpha value is -1.92. The van der Waals surface area contributed by atoms with E-state index < -0.39 is 0 Å². The highest BCUT2D eigenvalue weighted by Crippen LogP contribution is 2.17. The normalized spacial score (nSPS) is 22.6. The van der Waals surface area contributed by atoms with Crippen LogP contribution >= 0.6 is 0 Å². The van der Waals surface area contributed by atoms with Gasteiger partial charge in [-0.2, -0.15) is 0 Å². The van der Waals surface area contributed by atoms with Crippen LogP contribution < -0.4 is 10.6 Å². The molecule has 0 aliphatic carbocycles. The van der Waals surface area contributed by atoms with Crippen molar-refractivity contribution < 1.29 is 19.1 Å². The number of piperidine rings is 1. The molecule has 0 aromatic heterocycles. The minimum atomic E-state index is -0.344. The summed E-state index contributed by atoms with van der Waals surface area (Å²) >= 11 is 0. The number of carbonyl (C=O) groups is 2. The number of ether oxygens (including phenoxy) is 2. The SMILES string of the molecule is O=C1CCC(Nc2ccc(CCC3OCCO3)cc2)C(=O)N1. The second-order valence-corrected chi connectivity index (χ2v) is 5.55. The van der Waals surface area contributed by atoms with Crippen molar-refractivity contribution in [1.82, 2.24) is 5.32 Å². The summed E-state index contributed by atoms with van der Waals surface area (Å²) in [7, 11) is 0. The van der Waals surface area contributed by atoms with Gasteiger partial charge in [0, 0.05) is 18.5 Å². The van der Waals surface area contributed by atoms with E-state index in [1.165, 1.54) is 5.56 Å². The average molecular weight is 304 g/mol. The predicted octanol–water partition coefficient (Wildman–Crippen LogP) is 1.21. The molecule has 0 saturated carbocycles. The minimum Gasteiger partial charge on any atom is -0.374 e. The van der Waals surface area contributed by atoms with Gasteiger partial charge in [0.05, 0.1) is 13.2 Å². The number of aryl methyl sites for hydroxylation is 1. The standard InChI is InChI=1S/C16H20N2O4/c19-14-7-6-13(16(20)18-14)17-12-4-1-11(2-5-12)3-8-15-21-9-10-22-15/h1-2,4-5,13,15,17H,3,6-10H2,(H,18,19,20). The van der Waals surface area contributed by atoms with Gasteiger partial charge in [-0.25, -0.2) is 0 Å². The fraction of sp³-hybridized carbons (Fsp3) is 0.500. The van der Waals surface area contributed by atoms with Gasteiger partial charge in [0.1, 0.15) is 6.04 Å². The second-order valence-electron chi connectivity index (χ2n) is 5.55. The molecule has 118 valence electrons. The van der Waals surface area contributed by atoms with Gasteiger partial charge in [0.2, 0.25) is 11.8 Å². The van der Waals surface area contributed by atoms with E-state index in [9.17, 15) is 9.59 Å². The van der Waals surface area contributed by atoms with E-state index in [2.05, 4.69) is 10.6 Å². The second kappa shape index (κ2) is 6.89. The molecule has 2 amide bonds. The van der Waals surface area contributed by atoms with Crippen molar-refractivity contribution in [1.29, 1.82) is 0 Å². The fourth-order valence-electron chi connectivity index (χ4n) is 2.66. The molecule has 1 aromatic carbocycles. The molecule has 1 aromatic rings. The van der Waals surface area contributed by atoms with E-state index in [1.807, 2.05) is 24.3 Å². The van der Waals surface area contributed by atoms with Gasteiger partial charge in [0.25, 0.3) is 0 Å². The molecule has 6 nitrogen and oxygen atoms in total. The Bertz CT molecular complexity index is 538. The van der Waals surface area contributed by atoms with Crippen molar-refractivity contribution >= 4 is 17.5 Å². The van der Waals surface area contributed by atoms with Gasteiger partial charge in [-0.3, -0.25) is 14.9 Å². The number of amides is 2. The zero-order valence-corrected chi connectivity index (χ0v) is 12.3. The summed E-state index contributed by atoms with van der Waals surface area (Å²) in [6, 6.07) is 7.63. The lowest BCUT2D eigenvalue weighted by Crippen LogP contribution is -2.47. The van der Waals surface area contributed by atoms with Crippen LogP contribution in [0.5, 0.6) is 0 Å². The highest BCUT2D eigenvalue weighted by molar-refractivity contribution is 6.01. The lowest BCUT2D eigenvalue weighted by atomic mass is 10.0. The minimum absolute atomic E-state index is 0.0822. The highest BCUT2D eigenvalue weighted by Gasteiger charge is 2.26. The monoisotopic (exact) mass is 304 g/mol. The molecule has 2 aliphatic rings. The van der Waals surface area contributed by atoms with Crippen LogP contribution in [0.3, 0.4) is 0 Å². The predicted molar refractivity (Wildman–Crippen MR) is 80.2 cm³/mol. The van der Waals surface area contributed by atoms with Crippen LogP contribution in [0.15, 0.2) is 24.3 Å². The summed E-state index contributed by atoms with van der Waals surface area (Å²) in [4.78, 5) is 22.8. The van der Waals surface area contributed by atoms with Crippen LogP contribution in [-0.4, -0.2) is 37.4 Å². The number of benzene rings is 1. The van der Waals surface area contributed by atoms with Gasteiger partial charge >= 0.3 is 0 Å². The Morgan fingerprint density at radius 2 is 1.86 bits per heavy atom. The Kier molecular flexibility index (Phi) is 4.70. The van der Waals surface area contributed by atoms with E-state index in [4.69, 9.17) is 9.47 Å². The maximum absolute atomic E-state index is 11.7. The van der Waals surface area contributed by atoms with E-state index in [0.717, 1.165) is 18.5 Å². The van der Waals surface area contributed by atoms with E-state index in [0.29, 0.717) is 26.1 Å². The van der Waals surface area contributed by atoms with Crippen LogP contribution in [0.25, 0.3) is 0 Å². The molecule has 0 bridgehead atoms. The molecule has 2 N–H and O–H groups in total. The van der Waals surface area contributed by atoms with Gasteiger partial charge < -0.3 is 14.8 Å². The van der Waals surface area contributed by atoms with Crippen LogP contribution in [0.2, 0.25) is 0 Å². The number of rotatable bonds is 5. The van der Waals surface area contributed by atoms with E-state index >= 15 is 0 Å². The van der Waals surface area contributed by atoms with Crippen LogP contribution in [0.4, 0.5) is 5.69 Å². The summed E-state index contributed by atoms with van der Waals surface area (Å²) < 4.78 is 10.8. The molecule has 2 fully saturated rings. The molecule has 3 rings (SSSR count). The van der Waals surface area contributed by atoms with Gasteiger partial charge in [0.15, 0.2) is 6.29 Å². The Labute approximate surface area is 129 Å². The summed E-state index contributed by atoms with van der Waals surface area (Å²) in [5, 5.41) is 5.51. The Morgan fingerprint density at radius 1 is 1.14 bits per heavy atom. The van der Waals surface area contributed by atoms with Gasteiger partial charge in [-0.15, -0.1) is 0 Å². The van der Waals surface area contributed by atoms with Crippen molar-refractivity contribution in [2.75, 3.05) is 18.5 Å². The van der Waals surface area contributed by atoms with Crippen molar-refractivity contribution in [2.45, 2.75) is 38.0 Å². The summed E-state index contributed by atoms with van der Waals surface area (Å²) in [5.41, 5.74) is 2.08. The molecule has 6 heteroatoms. The number of carbonyl (C=O) groups excluding carboxylic acids is 2. The summed E-state index contributed by atoms with van der Waals surface area (Å²) in [5.74, 6) is -0.453. The third kappa shape index (κ3) is 3.84. The quantitative estimate of drug-likeness (QED) is 0.800. The van der Waals surface area contributed by atoms with Crippen LogP contribution in [0, 0.1) is 0 Å². The molecular weight excluding hydrogens is 284 g/mol. The molecule has 2 heterocycles. The van der Waals surface area contributed by atoms with Crippen molar-refractivity contribution in [3.8, 4) is 0 Å². The van der Waals surface area contributed by atoms with E-state index in [1.54, 1.807) is 0 Å². The zero-order valence-electron chi connectivity index (χ0n) is 12.3. The lowest BCUT2D eigenvalue weighted by Gasteiger charge is -2.22. The first-order valence-corrected chi connectivity index (χ1v) is 7.63. The smallest absolute Gasteiger partial charge is 0.249 e. The molecule has 22 heavy (non-hydrogen) atoms. The maximum Gasteiger partial charge on any atom is 0.249 e. The first-order valence-electron chi connectivity index (χ1n) is 7.63. The van der Waals surface area contributed by atoms with Crippen molar-refractivity contribution in [3.05, 3.63) is 29.8 Å². The molecular formula is C16H20N2O4. The van der Waals surface area contributed by atoms with Crippen molar-refractivity contribution in [3.63, 3.8) is 0 Å². The third-order valence-electron chi connectivity index (χ3n) is 3.89. The third-order valence-corrected chi connectivity index (χ3v) is 3.89. The summed E-state index contributed by atoms with van der Waals surface area (Å²) in [6.45, 7) is 1.36. The first kappa shape index (κ1) is 15.0.